The first-order valence-corrected chi connectivity index (χ1v) is 4.04. The Morgan fingerprint density at radius 3 is 3.08 bits per heavy atom. The number of carbonyl (C=O) groups is 1. The number of Topliss-reactive ketones (excluding diaryl/α,β-unsaturated/α-hetero) is 1. The van der Waals surface area contributed by atoms with Crippen molar-refractivity contribution in [3.05, 3.63) is 5.43 Å². The van der Waals surface area contributed by atoms with Crippen molar-refractivity contribution in [2.45, 2.75) is 31.8 Å². The number of piperidine rings is 1. The minimum atomic E-state index is -0.0887. The fraction of sp³-hybridized carbons (Fsp3) is 0.857. The number of hydrogen-bond acceptors (Lipinski definition) is 4. The summed E-state index contributed by atoms with van der Waals surface area (Å²) in [7, 11) is 0. The molecule has 0 radical (unpaired) electrons. The molecule has 2 N–H and O–H groups in total. The molecule has 1 saturated heterocycles. The van der Waals surface area contributed by atoms with Crippen LogP contribution in [0.2, 0.25) is 0 Å². The molecule has 1 rings (SSSR count). The summed E-state index contributed by atoms with van der Waals surface area (Å²) in [5, 5.41) is 6.08. The Morgan fingerprint density at radius 1 is 1.75 bits per heavy atom. The molecule has 0 aromatic rings. The number of rotatable bonds is 3. The van der Waals surface area contributed by atoms with Crippen LogP contribution in [0.4, 0.5) is 0 Å². The van der Waals surface area contributed by atoms with Crippen molar-refractivity contribution in [1.82, 2.24) is 5.32 Å². The molecule has 5 nitrogen and oxygen atoms in total. The maximum Gasteiger partial charge on any atom is 0.146 e. The minimum absolute atomic E-state index is 0.0534. The van der Waals surface area contributed by atoms with Crippen LogP contribution in [0.3, 0.4) is 0 Å². The molecule has 0 spiro atoms. The number of nitrogens with one attached hydrogen (secondary N) is 2. The van der Waals surface area contributed by atoms with Crippen molar-refractivity contribution >= 4 is 5.78 Å². The molecule has 0 aromatic carbocycles. The largest absolute Gasteiger partial charge is 0.398 e. The molecule has 1 aliphatic heterocycles. The van der Waals surface area contributed by atoms with Gasteiger partial charge in [0.15, 0.2) is 0 Å². The highest BCUT2D eigenvalue weighted by Crippen LogP contribution is 2.16. The summed E-state index contributed by atoms with van der Waals surface area (Å²) in [5.74, 6) is 0.139. The van der Waals surface area contributed by atoms with Gasteiger partial charge in [-0.3, -0.25) is 10.0 Å². The molecule has 1 unspecified atom stereocenters. The average molecular weight is 169 g/mol. The summed E-state index contributed by atoms with van der Waals surface area (Å²) in [4.78, 5) is 11.0. The van der Waals surface area contributed by atoms with Gasteiger partial charge in [0.25, 0.3) is 0 Å². The van der Waals surface area contributed by atoms with Gasteiger partial charge in [0.1, 0.15) is 5.78 Å². The smallest absolute Gasteiger partial charge is 0.146 e. The Bertz CT molecular complexity index is 182. The van der Waals surface area contributed by atoms with Gasteiger partial charge in [-0.2, -0.15) is 0 Å². The van der Waals surface area contributed by atoms with Gasteiger partial charge in [-0.25, -0.2) is 0 Å². The highest BCUT2D eigenvalue weighted by atomic mass is 16.1. The first kappa shape index (κ1) is 9.12. The van der Waals surface area contributed by atoms with E-state index in [2.05, 4.69) is 16.0 Å². The summed E-state index contributed by atoms with van der Waals surface area (Å²) in [6.45, 7) is 2.35. The fourth-order valence-electron chi connectivity index (χ4n) is 1.39. The van der Waals surface area contributed by atoms with Crippen molar-refractivity contribution in [3.63, 3.8) is 0 Å². The van der Waals surface area contributed by atoms with Gasteiger partial charge < -0.3 is 16.3 Å². The Morgan fingerprint density at radius 2 is 2.50 bits per heavy atom. The summed E-state index contributed by atoms with van der Waals surface area (Å²) in [5.41, 5.74) is 10.3. The molecule has 1 fully saturated rings. The van der Waals surface area contributed by atoms with Crippen LogP contribution in [0.1, 0.15) is 19.8 Å². The van der Waals surface area contributed by atoms with Crippen LogP contribution < -0.4 is 5.32 Å². The molecule has 12 heavy (non-hydrogen) atoms. The zero-order valence-electron chi connectivity index (χ0n) is 7.08. The van der Waals surface area contributed by atoms with Crippen LogP contribution in [0.5, 0.6) is 0 Å². The van der Waals surface area contributed by atoms with Crippen molar-refractivity contribution < 1.29 is 4.79 Å². The van der Waals surface area contributed by atoms with E-state index in [1.54, 1.807) is 6.92 Å². The number of hydrogen-bond donors (Lipinski definition) is 2. The van der Waals surface area contributed by atoms with Gasteiger partial charge in [0.2, 0.25) is 0 Å². The van der Waals surface area contributed by atoms with E-state index in [0.717, 1.165) is 13.0 Å². The summed E-state index contributed by atoms with van der Waals surface area (Å²) in [6, 6.07) is -0.0353. The second-order valence-electron chi connectivity index (χ2n) is 3.01. The average Bonchev–Trinajstić information content (AvgIpc) is 2.05. The van der Waals surface area contributed by atoms with Gasteiger partial charge >= 0.3 is 0 Å². The van der Waals surface area contributed by atoms with Gasteiger partial charge in [-0.1, -0.05) is 0 Å². The zero-order chi connectivity index (χ0) is 8.97. The van der Waals surface area contributed by atoms with Crippen molar-refractivity contribution in [1.29, 1.82) is 5.53 Å². The third-order valence-corrected chi connectivity index (χ3v) is 2.09. The van der Waals surface area contributed by atoms with Crippen molar-refractivity contribution in [2.24, 2.45) is 5.22 Å². The van der Waals surface area contributed by atoms with E-state index < -0.39 is 0 Å². The fourth-order valence-corrected chi connectivity index (χ4v) is 1.39. The minimum Gasteiger partial charge on any atom is -0.398 e. The predicted octanol–water partition coefficient (Wildman–Crippen LogP) is 1.02. The van der Waals surface area contributed by atoms with Crippen LogP contribution >= 0.6 is 0 Å². The van der Waals surface area contributed by atoms with E-state index in [0.29, 0.717) is 6.42 Å². The molecule has 0 amide bonds. The maximum absolute atomic E-state index is 11.0. The Hall–Kier alpha value is -0.970. The Kier molecular flexibility index (Phi) is 3.16. The predicted molar refractivity (Wildman–Crippen MR) is 44.0 cm³/mol. The third kappa shape index (κ3) is 2.27. The molecule has 0 saturated carbocycles. The first-order chi connectivity index (χ1) is 5.74. The van der Waals surface area contributed by atoms with Gasteiger partial charge in [0, 0.05) is 0 Å². The van der Waals surface area contributed by atoms with Crippen molar-refractivity contribution in [2.75, 3.05) is 6.54 Å². The lowest BCUT2D eigenvalue weighted by Gasteiger charge is -2.30. The molecule has 2 atom stereocenters. The maximum atomic E-state index is 11.0. The zero-order valence-corrected chi connectivity index (χ0v) is 7.08. The summed E-state index contributed by atoms with van der Waals surface area (Å²) in [6.07, 6.45) is 1.55. The molecular weight excluding hydrogens is 156 g/mol. The SMILES string of the molecule is CC(=O)C1C[C@H]([N-]N=N)CCN1. The molecule has 0 aliphatic carbocycles. The quantitative estimate of drug-likeness (QED) is 0.488. The van der Waals surface area contributed by atoms with Crippen LogP contribution in [0, 0.1) is 5.53 Å². The Balaban J connectivity index is 2.39. The Labute approximate surface area is 71.4 Å². The van der Waals surface area contributed by atoms with E-state index in [-0.39, 0.29) is 17.9 Å². The molecule has 68 valence electrons. The van der Waals surface area contributed by atoms with Crippen LogP contribution in [0.25, 0.3) is 5.43 Å². The molecule has 5 heteroatoms. The van der Waals surface area contributed by atoms with E-state index in [1.807, 2.05) is 0 Å². The lowest BCUT2D eigenvalue weighted by Crippen LogP contribution is -2.43. The lowest BCUT2D eigenvalue weighted by molar-refractivity contribution is -0.119. The molecule has 0 bridgehead atoms. The van der Waals surface area contributed by atoms with E-state index >= 15 is 0 Å². The van der Waals surface area contributed by atoms with Gasteiger partial charge in [0.05, 0.1) is 6.04 Å². The van der Waals surface area contributed by atoms with Gasteiger partial charge in [-0.15, -0.1) is 0 Å². The highest BCUT2D eigenvalue weighted by Gasteiger charge is 2.21. The first-order valence-electron chi connectivity index (χ1n) is 4.04. The molecule has 1 heterocycles. The monoisotopic (exact) mass is 169 g/mol. The normalized spacial score (nSPS) is 29.4. The van der Waals surface area contributed by atoms with E-state index in [4.69, 9.17) is 5.53 Å². The van der Waals surface area contributed by atoms with Crippen LogP contribution in [0.15, 0.2) is 5.22 Å². The second-order valence-corrected chi connectivity index (χ2v) is 3.01. The molecule has 0 aromatic heterocycles. The topological polar surface area (TPSA) is 79.4 Å². The number of nitrogens with zero attached hydrogens (tertiary/aromatic N) is 2. The summed E-state index contributed by atoms with van der Waals surface area (Å²) < 4.78 is 0. The van der Waals surface area contributed by atoms with E-state index in [1.165, 1.54) is 0 Å². The van der Waals surface area contributed by atoms with Gasteiger partial charge in [-0.05, 0) is 32.4 Å². The molecule has 1 aliphatic rings. The third-order valence-electron chi connectivity index (χ3n) is 2.09. The molecular formula is C7H13N4O-. The second kappa shape index (κ2) is 4.15. The summed E-state index contributed by atoms with van der Waals surface area (Å²) >= 11 is 0. The van der Waals surface area contributed by atoms with Crippen LogP contribution in [-0.4, -0.2) is 24.4 Å². The number of ketones is 1. The van der Waals surface area contributed by atoms with Crippen molar-refractivity contribution in [3.8, 4) is 0 Å². The number of carbonyl (C=O) groups excluding carboxylic acids is 1. The highest BCUT2D eigenvalue weighted by molar-refractivity contribution is 5.81. The van der Waals surface area contributed by atoms with E-state index in [9.17, 15) is 4.79 Å². The standard InChI is InChI=1S/C7H13N4O/c1-5(12)7-4-6(10-11-8)2-3-9-7/h6-7,9H,2-4H2,1H3,(H-,8,10)/q-1/t6-,7?/m1/s1. The lowest BCUT2D eigenvalue weighted by atomic mass is 9.98. The van der Waals surface area contributed by atoms with Crippen LogP contribution in [-0.2, 0) is 4.79 Å².